The van der Waals surface area contributed by atoms with Crippen LogP contribution in [-0.2, 0) is 5.54 Å². The maximum atomic E-state index is 5.96. The van der Waals surface area contributed by atoms with Gasteiger partial charge in [-0.1, -0.05) is 54.1 Å². The second kappa shape index (κ2) is 5.55. The quantitative estimate of drug-likeness (QED) is 0.494. The Balaban J connectivity index is 2.06. The fourth-order valence-corrected chi connectivity index (χ4v) is 5.28. The fourth-order valence-electron chi connectivity index (χ4n) is 3.57. The van der Waals surface area contributed by atoms with Gasteiger partial charge >= 0.3 is 0 Å². The minimum Gasteiger partial charge on any atom is -0.374 e. The largest absolute Gasteiger partial charge is 0.374 e. The molecule has 0 bridgehead atoms. The Kier molecular flexibility index (Phi) is 3.67. The van der Waals surface area contributed by atoms with Crippen LogP contribution in [0.15, 0.2) is 36.4 Å². The van der Waals surface area contributed by atoms with Crippen LogP contribution in [0.1, 0.15) is 35.4 Å². The highest BCUT2D eigenvalue weighted by Crippen LogP contribution is 2.48. The van der Waals surface area contributed by atoms with E-state index in [0.29, 0.717) is 0 Å². The number of rotatable bonds is 1. The van der Waals surface area contributed by atoms with E-state index in [1.54, 1.807) is 11.5 Å². The molecular weight excluding hydrogens is 344 g/mol. The van der Waals surface area contributed by atoms with Crippen LogP contribution in [0.25, 0.3) is 16.8 Å². The minimum absolute atomic E-state index is 0.143. The molecule has 0 saturated heterocycles. The monoisotopic (exact) mass is 366 g/mol. The molecule has 1 N–H and O–H groups in total. The van der Waals surface area contributed by atoms with Crippen molar-refractivity contribution in [1.82, 2.24) is 3.96 Å². The Morgan fingerprint density at radius 1 is 1.00 bits per heavy atom. The zero-order valence-electron chi connectivity index (χ0n) is 15.2. The van der Waals surface area contributed by atoms with Gasteiger partial charge in [0, 0.05) is 16.8 Å². The molecular formula is C21H22N2S2. The SMILES string of the molecule is Cc1cccc(-n2sc3c(c2=S)-c2cccc(C)c2NC3(C)C)c1C. The second-order valence-electron chi connectivity index (χ2n) is 7.36. The molecule has 4 heteroatoms. The van der Waals surface area contributed by atoms with Gasteiger partial charge in [-0.15, -0.1) is 0 Å². The van der Waals surface area contributed by atoms with E-state index >= 15 is 0 Å². The number of hydrogen-bond acceptors (Lipinski definition) is 3. The molecule has 3 aromatic rings. The van der Waals surface area contributed by atoms with E-state index in [-0.39, 0.29) is 5.54 Å². The highest BCUT2D eigenvalue weighted by molar-refractivity contribution is 7.71. The number of nitrogens with one attached hydrogen (secondary N) is 1. The average Bonchev–Trinajstić information content (AvgIpc) is 2.90. The van der Waals surface area contributed by atoms with Crippen LogP contribution in [0.5, 0.6) is 0 Å². The molecule has 2 nitrogen and oxygen atoms in total. The molecule has 0 fully saturated rings. The van der Waals surface area contributed by atoms with Gasteiger partial charge in [-0.05, 0) is 57.4 Å². The molecule has 1 aliphatic rings. The van der Waals surface area contributed by atoms with Crippen LogP contribution in [0.3, 0.4) is 0 Å². The number of para-hydroxylation sites is 1. The average molecular weight is 367 g/mol. The molecule has 1 aromatic heterocycles. The van der Waals surface area contributed by atoms with Crippen molar-refractivity contribution in [2.45, 2.75) is 40.2 Å². The van der Waals surface area contributed by atoms with E-state index in [4.69, 9.17) is 12.2 Å². The maximum Gasteiger partial charge on any atom is 0.129 e. The van der Waals surface area contributed by atoms with Crippen LogP contribution >= 0.6 is 23.8 Å². The third kappa shape index (κ3) is 2.39. The van der Waals surface area contributed by atoms with Crippen LogP contribution in [0, 0.1) is 25.4 Å². The molecule has 128 valence electrons. The van der Waals surface area contributed by atoms with Crippen molar-refractivity contribution in [3.8, 4) is 16.8 Å². The summed E-state index contributed by atoms with van der Waals surface area (Å²) in [5, 5.41) is 3.73. The van der Waals surface area contributed by atoms with Gasteiger partial charge in [0.05, 0.1) is 16.1 Å². The summed E-state index contributed by atoms with van der Waals surface area (Å²) in [5.74, 6) is 0. The number of anilines is 1. The summed E-state index contributed by atoms with van der Waals surface area (Å²) in [4.78, 5) is 1.30. The Labute approximate surface area is 158 Å². The van der Waals surface area contributed by atoms with Gasteiger partial charge in [0.25, 0.3) is 0 Å². The molecule has 0 radical (unpaired) electrons. The third-order valence-electron chi connectivity index (χ3n) is 5.15. The molecule has 2 aromatic carbocycles. The van der Waals surface area contributed by atoms with Crippen LogP contribution in [-0.4, -0.2) is 3.96 Å². The zero-order chi connectivity index (χ0) is 17.9. The predicted molar refractivity (Wildman–Crippen MR) is 111 cm³/mol. The summed E-state index contributed by atoms with van der Waals surface area (Å²) in [5.41, 5.74) is 8.52. The molecule has 25 heavy (non-hydrogen) atoms. The first-order valence-electron chi connectivity index (χ1n) is 8.53. The van der Waals surface area contributed by atoms with Crippen molar-refractivity contribution in [3.05, 3.63) is 62.6 Å². The van der Waals surface area contributed by atoms with Crippen LogP contribution in [0.4, 0.5) is 5.69 Å². The Morgan fingerprint density at radius 2 is 1.68 bits per heavy atom. The van der Waals surface area contributed by atoms with Crippen molar-refractivity contribution >= 4 is 29.4 Å². The van der Waals surface area contributed by atoms with Crippen molar-refractivity contribution < 1.29 is 0 Å². The number of fused-ring (bicyclic) bond motifs is 3. The summed E-state index contributed by atoms with van der Waals surface area (Å²) < 4.78 is 3.14. The lowest BCUT2D eigenvalue weighted by molar-refractivity contribution is 0.619. The normalized spacial score (nSPS) is 14.6. The molecule has 0 unspecified atom stereocenters. The number of aryl methyl sites for hydroxylation is 2. The van der Waals surface area contributed by atoms with Gasteiger partial charge < -0.3 is 5.32 Å². The number of benzene rings is 2. The van der Waals surface area contributed by atoms with Crippen molar-refractivity contribution in [3.63, 3.8) is 0 Å². The molecule has 4 rings (SSSR count). The Morgan fingerprint density at radius 3 is 2.44 bits per heavy atom. The Hall–Kier alpha value is -1.91. The molecule has 1 aliphatic heterocycles. The van der Waals surface area contributed by atoms with Gasteiger partial charge in [-0.2, -0.15) is 0 Å². The van der Waals surface area contributed by atoms with E-state index < -0.39 is 0 Å². The van der Waals surface area contributed by atoms with E-state index in [1.807, 2.05) is 0 Å². The molecule has 0 saturated carbocycles. The van der Waals surface area contributed by atoms with Crippen molar-refractivity contribution in [1.29, 1.82) is 0 Å². The minimum atomic E-state index is -0.143. The number of nitrogens with zero attached hydrogens (tertiary/aromatic N) is 1. The molecule has 0 aliphatic carbocycles. The summed E-state index contributed by atoms with van der Waals surface area (Å²) in [6.07, 6.45) is 0. The van der Waals surface area contributed by atoms with Gasteiger partial charge in [-0.3, -0.25) is 3.96 Å². The van der Waals surface area contributed by atoms with Gasteiger partial charge in [0.1, 0.15) is 4.64 Å². The number of hydrogen-bond donors (Lipinski definition) is 1. The summed E-state index contributed by atoms with van der Waals surface area (Å²) in [6, 6.07) is 12.9. The van der Waals surface area contributed by atoms with E-state index in [1.165, 1.54) is 44.1 Å². The summed E-state index contributed by atoms with van der Waals surface area (Å²) >= 11 is 7.73. The van der Waals surface area contributed by atoms with Gasteiger partial charge in [-0.25, -0.2) is 0 Å². The standard InChI is InChI=1S/C21H22N2S2/c1-12-8-7-11-16(14(12)3)23-20(24)17-15-10-6-9-13(2)18(15)22-21(4,5)19(17)25-23/h6-11,22H,1-5H3. The van der Waals surface area contributed by atoms with Crippen molar-refractivity contribution in [2.75, 3.05) is 5.32 Å². The van der Waals surface area contributed by atoms with Crippen LogP contribution < -0.4 is 5.32 Å². The number of aromatic nitrogens is 1. The first kappa shape index (κ1) is 16.6. The molecule has 0 spiro atoms. The lowest BCUT2D eigenvalue weighted by atomic mass is 9.88. The van der Waals surface area contributed by atoms with Crippen LogP contribution in [0.2, 0.25) is 0 Å². The smallest absolute Gasteiger partial charge is 0.129 e. The molecule has 0 atom stereocenters. The van der Waals surface area contributed by atoms with Gasteiger partial charge in [0.2, 0.25) is 0 Å². The third-order valence-corrected chi connectivity index (χ3v) is 7.11. The lowest BCUT2D eigenvalue weighted by Crippen LogP contribution is -2.31. The van der Waals surface area contributed by atoms with Crippen molar-refractivity contribution in [2.24, 2.45) is 0 Å². The molecule has 0 amide bonds. The fraction of sp³-hybridized carbons (Fsp3) is 0.286. The Bertz CT molecular complexity index is 1050. The second-order valence-corrected chi connectivity index (χ2v) is 8.70. The lowest BCUT2D eigenvalue weighted by Gasteiger charge is -2.34. The van der Waals surface area contributed by atoms with E-state index in [9.17, 15) is 0 Å². The van der Waals surface area contributed by atoms with E-state index in [0.717, 1.165) is 4.64 Å². The zero-order valence-corrected chi connectivity index (χ0v) is 16.9. The first-order valence-corrected chi connectivity index (χ1v) is 9.71. The topological polar surface area (TPSA) is 17.0 Å². The maximum absolute atomic E-state index is 5.96. The van der Waals surface area contributed by atoms with E-state index in [2.05, 4.69) is 80.3 Å². The highest BCUT2D eigenvalue weighted by Gasteiger charge is 2.35. The highest BCUT2D eigenvalue weighted by atomic mass is 32.1. The predicted octanol–water partition coefficient (Wildman–Crippen LogP) is 6.52. The summed E-state index contributed by atoms with van der Waals surface area (Å²) in [7, 11) is 0. The molecule has 2 heterocycles. The first-order chi connectivity index (χ1) is 11.8. The summed E-state index contributed by atoms with van der Waals surface area (Å²) in [6.45, 7) is 11.0. The van der Waals surface area contributed by atoms with Gasteiger partial charge in [0.15, 0.2) is 0 Å².